The molecule has 12 nitrogen and oxygen atoms in total. The number of carbonyl (C=O) groups is 4. The Morgan fingerprint density at radius 2 is 0.562 bits per heavy atom. The average molecular weight is 1110 g/mol. The minimum absolute atomic E-state index is 0.0980. The smallest absolute Gasteiger partial charge is 0.311 e. The van der Waals surface area contributed by atoms with Gasteiger partial charge in [0.05, 0.1) is 26.4 Å². The maximum Gasteiger partial charge on any atom is 0.311 e. The predicted octanol–water partition coefficient (Wildman–Crippen LogP) is 14.3. The van der Waals surface area contributed by atoms with Crippen LogP contribution in [-0.2, 0) is 96.3 Å². The van der Waals surface area contributed by atoms with Crippen LogP contribution < -0.4 is 9.47 Å². The van der Waals surface area contributed by atoms with Crippen molar-refractivity contribution in [1.29, 1.82) is 0 Å². The lowest BCUT2D eigenvalue weighted by atomic mass is 9.78. The number of phenolic OH excluding ortho intramolecular Hbond substituents is 2. The van der Waals surface area contributed by atoms with Crippen LogP contribution in [0.25, 0.3) is 0 Å². The molecule has 0 atom stereocenters. The minimum atomic E-state index is -0.346. The molecule has 4 aromatic carbocycles. The molecular formula is C68H98O12. The lowest BCUT2D eigenvalue weighted by molar-refractivity contribution is -0.146. The molecule has 2 N–H and O–H groups in total. The van der Waals surface area contributed by atoms with Crippen molar-refractivity contribution in [3.63, 3.8) is 0 Å². The Bertz CT molecular complexity index is 2530. The van der Waals surface area contributed by atoms with Gasteiger partial charge in [-0.15, -0.1) is 0 Å². The fourth-order valence-electron chi connectivity index (χ4n) is 9.55. The van der Waals surface area contributed by atoms with Crippen LogP contribution in [0.5, 0.6) is 23.0 Å². The van der Waals surface area contributed by atoms with E-state index in [4.69, 9.17) is 28.4 Å². The molecule has 0 radical (unpaired) electrons. The summed E-state index contributed by atoms with van der Waals surface area (Å²) in [4.78, 5) is 52.3. The lowest BCUT2D eigenvalue weighted by Gasteiger charge is -2.28. The molecule has 442 valence electrons. The first-order valence-electron chi connectivity index (χ1n) is 28.7. The Hall–Kier alpha value is -5.72. The first kappa shape index (κ1) is 66.8. The van der Waals surface area contributed by atoms with E-state index in [0.29, 0.717) is 48.7 Å². The largest absolute Gasteiger partial charge is 0.507 e. The lowest BCUT2D eigenvalue weighted by Crippen LogP contribution is -2.19. The molecule has 0 aliphatic heterocycles. The van der Waals surface area contributed by atoms with Gasteiger partial charge in [-0.25, -0.2) is 0 Å². The monoisotopic (exact) mass is 1110 g/mol. The van der Waals surface area contributed by atoms with Crippen LogP contribution >= 0.6 is 0 Å². The first-order chi connectivity index (χ1) is 36.8. The standard InChI is InChI=1S/C68H98O12/c1-43-35-45(41-53(67(15,16)17)61(43)79-57(71)27-23-47-37-49(63(3,4)5)59(73)50(38-47)64(6,7)8)21-25-55(69)77-33-31-75-29-30-76-32-34-78-56(70)26-22-46-36-44(2)62(54(42-46)68(18,19)20)80-58(72)28-24-48-39-51(65(9,10)11)60(74)52(40-48)66(12,13)14/h35-42,73-74H,21-34H2,1-20H3. The molecule has 0 bridgehead atoms. The zero-order valence-corrected chi connectivity index (χ0v) is 52.5. The van der Waals surface area contributed by atoms with Gasteiger partial charge in [0, 0.05) is 36.8 Å². The summed E-state index contributed by atoms with van der Waals surface area (Å²) in [7, 11) is 0. The van der Waals surface area contributed by atoms with Gasteiger partial charge < -0.3 is 38.6 Å². The second-order valence-electron chi connectivity index (χ2n) is 27.8. The molecule has 4 aromatic rings. The normalized spacial score (nSPS) is 12.6. The molecule has 0 spiro atoms. The Morgan fingerprint density at radius 3 is 0.825 bits per heavy atom. The number of rotatable bonds is 23. The van der Waals surface area contributed by atoms with E-state index in [1.165, 1.54) is 0 Å². The molecule has 80 heavy (non-hydrogen) atoms. The quantitative estimate of drug-likeness (QED) is 0.0411. The second-order valence-corrected chi connectivity index (χ2v) is 27.8. The molecule has 0 aliphatic rings. The molecule has 0 aliphatic carbocycles. The maximum atomic E-state index is 13.4. The van der Waals surface area contributed by atoms with Crippen LogP contribution in [0.4, 0.5) is 0 Å². The number of benzene rings is 4. The van der Waals surface area contributed by atoms with Gasteiger partial charge in [0.2, 0.25) is 0 Å². The number of phenols is 2. The summed E-state index contributed by atoms with van der Waals surface area (Å²) in [6.07, 6.45) is 2.56. The highest BCUT2D eigenvalue weighted by molar-refractivity contribution is 5.75. The SMILES string of the molecule is Cc1cc(CCC(=O)OCCOCCOCCOC(=O)CCc2cc(C)c(OC(=O)CCc3cc(C(C)(C)C)c(O)c(C(C)(C)C)c3)c(C(C)(C)C)c2)cc(C(C)(C)C)c1OC(=O)CCc1cc(C(C)(C)C)c(O)c(C(C)(C)C)c1. The maximum absolute atomic E-state index is 13.4. The van der Waals surface area contributed by atoms with Crippen LogP contribution in [0.2, 0.25) is 0 Å². The van der Waals surface area contributed by atoms with E-state index in [9.17, 15) is 29.4 Å². The number of esters is 4. The van der Waals surface area contributed by atoms with Crippen LogP contribution in [-0.4, -0.2) is 73.7 Å². The predicted molar refractivity (Wildman–Crippen MR) is 319 cm³/mol. The summed E-state index contributed by atoms with van der Waals surface area (Å²) in [5, 5.41) is 22.3. The van der Waals surface area contributed by atoms with Crippen molar-refractivity contribution in [2.45, 2.75) is 222 Å². The number of carbonyl (C=O) groups excluding carboxylic acids is 4. The number of hydrogen-bond acceptors (Lipinski definition) is 12. The Morgan fingerprint density at radius 1 is 0.338 bits per heavy atom. The summed E-state index contributed by atoms with van der Waals surface area (Å²) in [5.41, 5.74) is 8.88. The molecule has 12 heteroatoms. The van der Waals surface area contributed by atoms with E-state index in [-0.39, 0.29) is 122 Å². The highest BCUT2D eigenvalue weighted by atomic mass is 16.6. The van der Waals surface area contributed by atoms with Gasteiger partial charge in [-0.2, -0.15) is 0 Å². The van der Waals surface area contributed by atoms with Crippen molar-refractivity contribution in [3.05, 3.63) is 115 Å². The van der Waals surface area contributed by atoms with Gasteiger partial charge in [-0.05, 0) is 128 Å². The zero-order valence-electron chi connectivity index (χ0n) is 52.5. The molecule has 0 fully saturated rings. The summed E-state index contributed by atoms with van der Waals surface area (Å²) in [6.45, 7) is 42.3. The molecule has 0 amide bonds. The van der Waals surface area contributed by atoms with Gasteiger partial charge in [-0.3, -0.25) is 19.2 Å². The van der Waals surface area contributed by atoms with Crippen LogP contribution in [0.15, 0.2) is 48.5 Å². The van der Waals surface area contributed by atoms with Gasteiger partial charge in [-0.1, -0.05) is 173 Å². The van der Waals surface area contributed by atoms with E-state index < -0.39 is 0 Å². The second kappa shape index (κ2) is 27.4. The van der Waals surface area contributed by atoms with Gasteiger partial charge in [0.15, 0.2) is 0 Å². The Labute approximate surface area is 480 Å². The van der Waals surface area contributed by atoms with Gasteiger partial charge in [0.25, 0.3) is 0 Å². The third-order valence-corrected chi connectivity index (χ3v) is 14.1. The van der Waals surface area contributed by atoms with E-state index >= 15 is 0 Å². The highest BCUT2D eigenvalue weighted by Gasteiger charge is 2.30. The van der Waals surface area contributed by atoms with Crippen molar-refractivity contribution >= 4 is 23.9 Å². The summed E-state index contributed by atoms with van der Waals surface area (Å²) in [5.74, 6) is 0.343. The number of aromatic hydroxyl groups is 2. The summed E-state index contributed by atoms with van der Waals surface area (Å²) < 4.78 is 34.2. The fourth-order valence-corrected chi connectivity index (χ4v) is 9.55. The molecule has 0 aromatic heterocycles. The third kappa shape index (κ3) is 20.1. The van der Waals surface area contributed by atoms with Crippen molar-refractivity contribution in [3.8, 4) is 23.0 Å². The van der Waals surface area contributed by atoms with Crippen LogP contribution in [0.3, 0.4) is 0 Å². The molecule has 4 rings (SSSR count). The summed E-state index contributed by atoms with van der Waals surface area (Å²) >= 11 is 0. The van der Waals surface area contributed by atoms with E-state index in [1.54, 1.807) is 0 Å². The van der Waals surface area contributed by atoms with E-state index in [2.05, 4.69) is 125 Å². The summed E-state index contributed by atoms with van der Waals surface area (Å²) in [6, 6.07) is 15.9. The van der Waals surface area contributed by atoms with Crippen molar-refractivity contribution < 1.29 is 57.8 Å². The molecule has 0 saturated carbocycles. The number of aryl methyl sites for hydroxylation is 6. The van der Waals surface area contributed by atoms with Crippen LogP contribution in [0, 0.1) is 13.8 Å². The fraction of sp³-hybridized carbons (Fsp3) is 0.588. The first-order valence-corrected chi connectivity index (χ1v) is 28.7. The Kier molecular flexibility index (Phi) is 22.8. The van der Waals surface area contributed by atoms with Crippen molar-refractivity contribution in [1.82, 2.24) is 0 Å². The van der Waals surface area contributed by atoms with E-state index in [1.807, 2.05) is 62.4 Å². The molecule has 0 heterocycles. The number of ether oxygens (including phenoxy) is 6. The average Bonchev–Trinajstić information content (AvgIpc) is 3.34. The zero-order chi connectivity index (χ0) is 60.3. The Balaban J connectivity index is 1.16. The topological polar surface area (TPSA) is 164 Å². The highest BCUT2D eigenvalue weighted by Crippen LogP contribution is 2.43. The number of hydrogen-bond donors (Lipinski definition) is 2. The van der Waals surface area contributed by atoms with E-state index in [0.717, 1.165) is 66.8 Å². The molecule has 0 saturated heterocycles. The van der Waals surface area contributed by atoms with Gasteiger partial charge in [0.1, 0.15) is 36.2 Å². The minimum Gasteiger partial charge on any atom is -0.507 e. The van der Waals surface area contributed by atoms with Crippen LogP contribution in [0.1, 0.15) is 217 Å². The van der Waals surface area contributed by atoms with Crippen molar-refractivity contribution in [2.24, 2.45) is 0 Å². The third-order valence-electron chi connectivity index (χ3n) is 14.1. The van der Waals surface area contributed by atoms with Gasteiger partial charge >= 0.3 is 23.9 Å². The van der Waals surface area contributed by atoms with Crippen molar-refractivity contribution in [2.75, 3.05) is 39.6 Å². The molecule has 0 unspecified atom stereocenters. The molecular weight excluding hydrogens is 1010 g/mol.